The molecule has 1 N–H and O–H groups in total. The fraction of sp³-hybridized carbons (Fsp3) is 0.391. The van der Waals surface area contributed by atoms with Crippen LogP contribution in [-0.2, 0) is 10.8 Å². The maximum atomic E-state index is 3.61. The van der Waals surface area contributed by atoms with Crippen molar-refractivity contribution in [3.63, 3.8) is 0 Å². The molecule has 1 aliphatic rings. The van der Waals surface area contributed by atoms with Crippen LogP contribution in [0.1, 0.15) is 57.2 Å². The molecule has 124 valence electrons. The van der Waals surface area contributed by atoms with Crippen LogP contribution >= 0.6 is 0 Å². The van der Waals surface area contributed by atoms with E-state index in [-0.39, 0.29) is 10.8 Å². The number of H-pyrrole nitrogens is 1. The second-order valence-electron chi connectivity index (χ2n) is 8.80. The molecule has 0 radical (unpaired) electrons. The molecule has 0 unspecified atom stereocenters. The zero-order valence-electron chi connectivity index (χ0n) is 15.5. The number of hydrogen-bond donors (Lipinski definition) is 1. The Bertz CT molecular complexity index is 924. The highest BCUT2D eigenvalue weighted by molar-refractivity contribution is 5.86. The Balaban J connectivity index is 1.87. The van der Waals surface area contributed by atoms with Crippen LogP contribution in [0.2, 0.25) is 0 Å². The fourth-order valence-corrected chi connectivity index (χ4v) is 4.15. The number of aromatic amines is 1. The third kappa shape index (κ3) is 2.38. The van der Waals surface area contributed by atoms with Gasteiger partial charge in [-0.05, 0) is 71.0 Å². The van der Waals surface area contributed by atoms with Gasteiger partial charge in [0.1, 0.15) is 0 Å². The Labute approximate surface area is 145 Å². The van der Waals surface area contributed by atoms with Crippen molar-refractivity contribution in [1.29, 1.82) is 0 Å². The number of hydrogen-bond acceptors (Lipinski definition) is 0. The highest BCUT2D eigenvalue weighted by Gasteiger charge is 2.36. The first-order valence-corrected chi connectivity index (χ1v) is 9.01. The zero-order valence-corrected chi connectivity index (χ0v) is 15.5. The van der Waals surface area contributed by atoms with Crippen LogP contribution in [0.3, 0.4) is 0 Å². The zero-order chi connectivity index (χ0) is 17.1. The molecule has 0 saturated carbocycles. The van der Waals surface area contributed by atoms with Crippen molar-refractivity contribution in [2.24, 2.45) is 0 Å². The molecule has 0 atom stereocenters. The molecule has 0 bridgehead atoms. The normalized spacial score (nSPS) is 18.5. The highest BCUT2D eigenvalue weighted by Crippen LogP contribution is 2.46. The lowest BCUT2D eigenvalue weighted by atomic mass is 9.63. The van der Waals surface area contributed by atoms with Gasteiger partial charge < -0.3 is 4.98 Å². The van der Waals surface area contributed by atoms with Gasteiger partial charge in [-0.1, -0.05) is 52.0 Å². The lowest BCUT2D eigenvalue weighted by Gasteiger charge is -2.42. The maximum Gasteiger partial charge on any atom is 0.0464 e. The Hall–Kier alpha value is -2.02. The van der Waals surface area contributed by atoms with Crippen LogP contribution in [0.5, 0.6) is 0 Å². The van der Waals surface area contributed by atoms with E-state index in [1.54, 1.807) is 0 Å². The Morgan fingerprint density at radius 1 is 0.792 bits per heavy atom. The number of fused-ring (bicyclic) bond motifs is 2. The summed E-state index contributed by atoms with van der Waals surface area (Å²) in [5, 5.41) is 1.29. The van der Waals surface area contributed by atoms with Crippen molar-refractivity contribution >= 4 is 10.9 Å². The first kappa shape index (κ1) is 15.5. The van der Waals surface area contributed by atoms with Crippen molar-refractivity contribution in [2.45, 2.75) is 58.3 Å². The first-order valence-electron chi connectivity index (χ1n) is 9.01. The number of aryl methyl sites for hydroxylation is 1. The summed E-state index contributed by atoms with van der Waals surface area (Å²) in [4.78, 5) is 3.61. The van der Waals surface area contributed by atoms with Gasteiger partial charge in [0.05, 0.1) is 0 Å². The minimum atomic E-state index is 0.253. The molecule has 1 heterocycles. The SMILES string of the molecule is Cc1ccc2cc(-c3ccc4c(c3)C(C)(C)CCC4(C)C)[nH]c2c1. The minimum Gasteiger partial charge on any atom is -0.355 e. The molecule has 0 aliphatic heterocycles. The van der Waals surface area contributed by atoms with E-state index in [0.717, 1.165) is 0 Å². The number of benzene rings is 2. The van der Waals surface area contributed by atoms with Crippen LogP contribution in [0, 0.1) is 6.92 Å². The van der Waals surface area contributed by atoms with E-state index < -0.39 is 0 Å². The average molecular weight is 317 g/mol. The number of rotatable bonds is 1. The summed E-state index contributed by atoms with van der Waals surface area (Å²) in [5.41, 5.74) is 8.61. The molecule has 1 nitrogen and oxygen atoms in total. The standard InChI is InChI=1S/C23H27N/c1-15-6-7-17-14-21(24-20(17)12-15)16-8-9-18-19(13-16)23(4,5)11-10-22(18,2)3/h6-9,12-14,24H,10-11H2,1-5H3. The summed E-state index contributed by atoms with van der Waals surface area (Å²) >= 11 is 0. The van der Waals surface area contributed by atoms with Gasteiger partial charge in [0, 0.05) is 16.6 Å². The van der Waals surface area contributed by atoms with Crippen LogP contribution in [0.4, 0.5) is 0 Å². The van der Waals surface area contributed by atoms with Crippen molar-refractivity contribution in [3.8, 4) is 11.3 Å². The minimum absolute atomic E-state index is 0.253. The second-order valence-corrected chi connectivity index (χ2v) is 8.80. The molecule has 4 rings (SSSR count). The summed E-state index contributed by atoms with van der Waals surface area (Å²) in [6.45, 7) is 11.7. The summed E-state index contributed by atoms with van der Waals surface area (Å²) in [6, 6.07) is 16.0. The van der Waals surface area contributed by atoms with Gasteiger partial charge in [-0.25, -0.2) is 0 Å². The Morgan fingerprint density at radius 3 is 2.25 bits per heavy atom. The molecular weight excluding hydrogens is 290 g/mol. The molecular formula is C23H27N. The van der Waals surface area contributed by atoms with Crippen LogP contribution in [0.25, 0.3) is 22.2 Å². The van der Waals surface area contributed by atoms with Gasteiger partial charge in [-0.15, -0.1) is 0 Å². The predicted molar refractivity (Wildman–Crippen MR) is 104 cm³/mol. The van der Waals surface area contributed by atoms with E-state index in [1.807, 2.05) is 0 Å². The second kappa shape index (κ2) is 4.99. The van der Waals surface area contributed by atoms with Crippen molar-refractivity contribution in [3.05, 3.63) is 59.2 Å². The first-order chi connectivity index (χ1) is 11.3. The van der Waals surface area contributed by atoms with Crippen molar-refractivity contribution < 1.29 is 0 Å². The predicted octanol–water partition coefficient (Wildman–Crippen LogP) is 6.49. The number of nitrogens with one attached hydrogen (secondary N) is 1. The fourth-order valence-electron chi connectivity index (χ4n) is 4.15. The lowest BCUT2D eigenvalue weighted by Crippen LogP contribution is -2.33. The summed E-state index contributed by atoms with van der Waals surface area (Å²) in [7, 11) is 0. The van der Waals surface area contributed by atoms with Crippen LogP contribution < -0.4 is 0 Å². The third-order valence-corrected chi connectivity index (χ3v) is 5.94. The number of aromatic nitrogens is 1. The van der Waals surface area contributed by atoms with E-state index in [0.29, 0.717) is 0 Å². The van der Waals surface area contributed by atoms with E-state index >= 15 is 0 Å². The van der Waals surface area contributed by atoms with E-state index in [1.165, 1.54) is 51.7 Å². The van der Waals surface area contributed by atoms with Crippen molar-refractivity contribution in [2.75, 3.05) is 0 Å². The van der Waals surface area contributed by atoms with Gasteiger partial charge in [-0.3, -0.25) is 0 Å². The van der Waals surface area contributed by atoms with Crippen LogP contribution in [0.15, 0.2) is 42.5 Å². The van der Waals surface area contributed by atoms with Crippen molar-refractivity contribution in [1.82, 2.24) is 4.98 Å². The van der Waals surface area contributed by atoms with E-state index in [4.69, 9.17) is 0 Å². The summed E-state index contributed by atoms with van der Waals surface area (Å²) in [5.74, 6) is 0. The molecule has 1 heteroatoms. The molecule has 24 heavy (non-hydrogen) atoms. The van der Waals surface area contributed by atoms with E-state index in [2.05, 4.69) is 82.1 Å². The molecule has 2 aromatic carbocycles. The molecule has 0 fully saturated rings. The van der Waals surface area contributed by atoms with Crippen LogP contribution in [-0.4, -0.2) is 4.98 Å². The molecule has 3 aromatic rings. The monoisotopic (exact) mass is 317 g/mol. The third-order valence-electron chi connectivity index (χ3n) is 5.94. The quantitative estimate of drug-likeness (QED) is 0.528. The molecule has 0 amide bonds. The lowest BCUT2D eigenvalue weighted by molar-refractivity contribution is 0.332. The van der Waals surface area contributed by atoms with Gasteiger partial charge >= 0.3 is 0 Å². The van der Waals surface area contributed by atoms with Gasteiger partial charge in [-0.2, -0.15) is 0 Å². The Kier molecular flexibility index (Phi) is 3.22. The topological polar surface area (TPSA) is 15.8 Å². The molecule has 1 aromatic heterocycles. The van der Waals surface area contributed by atoms with E-state index in [9.17, 15) is 0 Å². The maximum absolute atomic E-state index is 3.61. The summed E-state index contributed by atoms with van der Waals surface area (Å²) in [6.07, 6.45) is 2.51. The van der Waals surface area contributed by atoms with Gasteiger partial charge in [0.25, 0.3) is 0 Å². The van der Waals surface area contributed by atoms with Gasteiger partial charge in [0.2, 0.25) is 0 Å². The largest absolute Gasteiger partial charge is 0.355 e. The molecule has 0 spiro atoms. The smallest absolute Gasteiger partial charge is 0.0464 e. The molecule has 0 saturated heterocycles. The summed E-state index contributed by atoms with van der Waals surface area (Å²) < 4.78 is 0. The Morgan fingerprint density at radius 2 is 1.50 bits per heavy atom. The average Bonchev–Trinajstić information content (AvgIpc) is 2.95. The van der Waals surface area contributed by atoms with Gasteiger partial charge in [0.15, 0.2) is 0 Å². The molecule has 1 aliphatic carbocycles. The highest BCUT2D eigenvalue weighted by atomic mass is 14.7.